The first kappa shape index (κ1) is 27.1. The highest BCUT2D eigenvalue weighted by molar-refractivity contribution is 7.92. The maximum absolute atomic E-state index is 13.4. The molecule has 4 aromatic rings. The zero-order valence-electron chi connectivity index (χ0n) is 20.7. The number of nitrogens with zero attached hydrogens (tertiary/aromatic N) is 2. The smallest absolute Gasteiger partial charge is 0.263 e. The molecule has 0 spiro atoms. The number of methoxy groups -OCH3 is 2. The predicted octanol–water partition coefficient (Wildman–Crippen LogP) is 4.60. The van der Waals surface area contributed by atoms with Crippen molar-refractivity contribution >= 4 is 55.9 Å². The van der Waals surface area contributed by atoms with Crippen LogP contribution in [0.25, 0.3) is 11.0 Å². The van der Waals surface area contributed by atoms with Crippen LogP contribution >= 0.6 is 11.6 Å². The maximum Gasteiger partial charge on any atom is 0.263 e. The van der Waals surface area contributed by atoms with Crippen LogP contribution in [0.4, 0.5) is 17.3 Å². The number of sulfonamides is 1. The molecule has 3 N–H and O–H groups in total. The molecule has 0 bridgehead atoms. The molecule has 0 saturated carbocycles. The first-order valence-corrected chi connectivity index (χ1v) is 13.4. The number of carbonyl (C=O) groups is 1. The van der Waals surface area contributed by atoms with E-state index in [1.165, 1.54) is 31.4 Å². The molecule has 0 aliphatic heterocycles. The fraction of sp³-hybridized carbons (Fsp3) is 0.192. The first-order valence-electron chi connectivity index (χ1n) is 11.6. The van der Waals surface area contributed by atoms with E-state index in [1.807, 2.05) is 0 Å². The Morgan fingerprint density at radius 3 is 2.39 bits per heavy atom. The van der Waals surface area contributed by atoms with Gasteiger partial charge in [-0.05, 0) is 48.9 Å². The number of hydrogen-bond donors (Lipinski definition) is 3. The molecule has 1 aromatic heterocycles. The molecule has 1 amide bonds. The van der Waals surface area contributed by atoms with Crippen LogP contribution in [0.5, 0.6) is 5.75 Å². The number of aromatic nitrogens is 2. The van der Waals surface area contributed by atoms with Crippen molar-refractivity contribution in [1.82, 2.24) is 15.3 Å². The summed E-state index contributed by atoms with van der Waals surface area (Å²) in [5.41, 5.74) is 1.68. The minimum Gasteiger partial charge on any atom is -0.497 e. The Morgan fingerprint density at radius 2 is 1.68 bits per heavy atom. The van der Waals surface area contributed by atoms with Crippen LogP contribution in [0, 0.1) is 0 Å². The van der Waals surface area contributed by atoms with Gasteiger partial charge in [0.25, 0.3) is 15.9 Å². The van der Waals surface area contributed by atoms with Crippen molar-refractivity contribution in [2.45, 2.75) is 11.3 Å². The van der Waals surface area contributed by atoms with Crippen molar-refractivity contribution in [2.24, 2.45) is 0 Å². The van der Waals surface area contributed by atoms with Gasteiger partial charge in [-0.25, -0.2) is 18.4 Å². The number of anilines is 3. The third kappa shape index (κ3) is 6.49. The lowest BCUT2D eigenvalue weighted by Gasteiger charge is -2.15. The van der Waals surface area contributed by atoms with Gasteiger partial charge in [0.15, 0.2) is 11.6 Å². The zero-order valence-corrected chi connectivity index (χ0v) is 22.3. The molecule has 1 heterocycles. The standard InChI is InChI=1S/C26H26ClN5O5S/c1-36-14-6-13-28-26(33)17-7-5-8-19(15-17)38(34,35)32-25-24(29-21-9-3-4-10-22(21)30-25)31-23-16-18(37-2)11-12-20(23)27/h3-5,7-12,15-16H,6,13-14H2,1-2H3,(H,28,33)(H,29,31)(H,30,32). The van der Waals surface area contributed by atoms with E-state index in [0.717, 1.165) is 0 Å². The van der Waals surface area contributed by atoms with Crippen LogP contribution in [0.1, 0.15) is 16.8 Å². The first-order chi connectivity index (χ1) is 18.3. The predicted molar refractivity (Wildman–Crippen MR) is 147 cm³/mol. The van der Waals surface area contributed by atoms with Gasteiger partial charge in [-0.15, -0.1) is 0 Å². The molecule has 38 heavy (non-hydrogen) atoms. The summed E-state index contributed by atoms with van der Waals surface area (Å²) in [5, 5.41) is 6.18. The molecule has 0 unspecified atom stereocenters. The van der Waals surface area contributed by atoms with Crippen molar-refractivity contribution in [3.05, 3.63) is 77.3 Å². The topological polar surface area (TPSA) is 132 Å². The molecule has 0 atom stereocenters. The van der Waals surface area contributed by atoms with Gasteiger partial charge < -0.3 is 20.1 Å². The number of hydrogen-bond acceptors (Lipinski definition) is 8. The van der Waals surface area contributed by atoms with Gasteiger partial charge in [-0.1, -0.05) is 29.8 Å². The summed E-state index contributed by atoms with van der Waals surface area (Å²) in [6.07, 6.45) is 0.634. The van der Waals surface area contributed by atoms with Crippen molar-refractivity contribution in [3.63, 3.8) is 0 Å². The summed E-state index contributed by atoms with van der Waals surface area (Å²) >= 11 is 6.35. The van der Waals surface area contributed by atoms with Gasteiger partial charge in [-0.3, -0.25) is 9.52 Å². The Balaban J connectivity index is 1.66. The second-order valence-corrected chi connectivity index (χ2v) is 10.2. The molecular weight excluding hydrogens is 530 g/mol. The summed E-state index contributed by atoms with van der Waals surface area (Å²) in [4.78, 5) is 21.5. The molecule has 0 saturated heterocycles. The van der Waals surface area contributed by atoms with Gasteiger partial charge in [0.2, 0.25) is 0 Å². The molecule has 0 radical (unpaired) electrons. The lowest BCUT2D eigenvalue weighted by molar-refractivity contribution is 0.0948. The third-order valence-corrected chi connectivity index (χ3v) is 7.11. The fourth-order valence-electron chi connectivity index (χ4n) is 3.52. The van der Waals surface area contributed by atoms with Gasteiger partial charge in [0.1, 0.15) is 5.75 Å². The molecule has 10 nitrogen and oxygen atoms in total. The quantitative estimate of drug-likeness (QED) is 0.229. The van der Waals surface area contributed by atoms with Crippen LogP contribution in [-0.4, -0.2) is 51.7 Å². The Hall–Kier alpha value is -3.93. The van der Waals surface area contributed by atoms with E-state index in [1.54, 1.807) is 49.6 Å². The number of carbonyl (C=O) groups excluding carboxylic acids is 1. The van der Waals surface area contributed by atoms with Gasteiger partial charge >= 0.3 is 0 Å². The van der Waals surface area contributed by atoms with Crippen molar-refractivity contribution in [3.8, 4) is 5.75 Å². The Morgan fingerprint density at radius 1 is 0.947 bits per heavy atom. The third-order valence-electron chi connectivity index (χ3n) is 5.45. The number of fused-ring (bicyclic) bond motifs is 1. The number of ether oxygens (including phenoxy) is 2. The second kappa shape index (κ2) is 12.1. The Labute approximate surface area is 225 Å². The van der Waals surface area contributed by atoms with E-state index < -0.39 is 15.9 Å². The van der Waals surface area contributed by atoms with E-state index >= 15 is 0 Å². The minimum atomic E-state index is -4.16. The number of rotatable bonds is 11. The summed E-state index contributed by atoms with van der Waals surface area (Å²) in [6, 6.07) is 17.8. The van der Waals surface area contributed by atoms with Gasteiger partial charge in [0.05, 0.1) is 33.7 Å². The van der Waals surface area contributed by atoms with E-state index in [-0.39, 0.29) is 22.1 Å². The monoisotopic (exact) mass is 555 g/mol. The zero-order chi connectivity index (χ0) is 27.1. The van der Waals surface area contributed by atoms with E-state index in [0.29, 0.717) is 47.1 Å². The van der Waals surface area contributed by atoms with E-state index in [4.69, 9.17) is 21.1 Å². The summed E-state index contributed by atoms with van der Waals surface area (Å²) in [7, 11) is -1.05. The minimum absolute atomic E-state index is 0.0444. The highest BCUT2D eigenvalue weighted by Gasteiger charge is 2.21. The molecule has 0 aliphatic rings. The molecule has 4 rings (SSSR count). The van der Waals surface area contributed by atoms with Crippen molar-refractivity contribution in [1.29, 1.82) is 0 Å². The maximum atomic E-state index is 13.4. The van der Waals surface area contributed by atoms with Crippen LogP contribution in [0.2, 0.25) is 5.02 Å². The van der Waals surface area contributed by atoms with Crippen LogP contribution in [-0.2, 0) is 14.8 Å². The normalized spacial score (nSPS) is 11.2. The molecule has 198 valence electrons. The van der Waals surface area contributed by atoms with E-state index in [9.17, 15) is 13.2 Å². The average molecular weight is 556 g/mol. The molecular formula is C26H26ClN5O5S. The lowest BCUT2D eigenvalue weighted by Crippen LogP contribution is -2.25. The summed E-state index contributed by atoms with van der Waals surface area (Å²) < 4.78 is 39.5. The largest absolute Gasteiger partial charge is 0.497 e. The lowest BCUT2D eigenvalue weighted by atomic mass is 10.2. The average Bonchev–Trinajstić information content (AvgIpc) is 2.92. The molecule has 0 aliphatic carbocycles. The van der Waals surface area contributed by atoms with Crippen molar-refractivity contribution in [2.75, 3.05) is 37.4 Å². The molecule has 0 fully saturated rings. The van der Waals surface area contributed by atoms with Gasteiger partial charge in [0, 0.05) is 31.9 Å². The van der Waals surface area contributed by atoms with Crippen LogP contribution in [0.15, 0.2) is 71.6 Å². The number of amides is 1. The molecule has 12 heteroatoms. The molecule has 3 aromatic carbocycles. The summed E-state index contributed by atoms with van der Waals surface area (Å²) in [5.74, 6) is 0.246. The number of para-hydroxylation sites is 2. The van der Waals surface area contributed by atoms with Gasteiger partial charge in [-0.2, -0.15) is 0 Å². The SMILES string of the molecule is COCCCNC(=O)c1cccc(S(=O)(=O)Nc2nc3ccccc3nc2Nc2cc(OC)ccc2Cl)c1. The number of nitrogens with one attached hydrogen (secondary N) is 3. The van der Waals surface area contributed by atoms with Crippen molar-refractivity contribution < 1.29 is 22.7 Å². The Kier molecular flexibility index (Phi) is 8.62. The number of halogens is 1. The summed E-state index contributed by atoms with van der Waals surface area (Å²) in [6.45, 7) is 0.902. The van der Waals surface area contributed by atoms with E-state index in [2.05, 4.69) is 25.3 Å². The highest BCUT2D eigenvalue weighted by Crippen LogP contribution is 2.32. The Bertz CT molecular complexity index is 1570. The van der Waals surface area contributed by atoms with Crippen LogP contribution < -0.4 is 20.1 Å². The number of benzene rings is 3. The highest BCUT2D eigenvalue weighted by atomic mass is 35.5. The second-order valence-electron chi connectivity index (χ2n) is 8.12. The van der Waals surface area contributed by atoms with Crippen LogP contribution in [0.3, 0.4) is 0 Å². The fourth-order valence-corrected chi connectivity index (χ4v) is 4.74.